The first-order valence-corrected chi connectivity index (χ1v) is 6.04. The van der Waals surface area contributed by atoms with Crippen LogP contribution in [0.5, 0.6) is 5.75 Å². The fourth-order valence-corrected chi connectivity index (χ4v) is 2.29. The van der Waals surface area contributed by atoms with Crippen molar-refractivity contribution in [2.45, 2.75) is 20.8 Å². The van der Waals surface area contributed by atoms with Gasteiger partial charge in [0.15, 0.2) is 0 Å². The Balaban J connectivity index is 2.60. The quantitative estimate of drug-likeness (QED) is 0.810. The van der Waals surface area contributed by atoms with Crippen molar-refractivity contribution in [2.24, 2.45) is 0 Å². The Morgan fingerprint density at radius 2 is 1.50 bits per heavy atom. The topological polar surface area (TPSA) is 35.2 Å². The van der Waals surface area contributed by atoms with Gasteiger partial charge in [-0.3, -0.25) is 0 Å². The van der Waals surface area contributed by atoms with Crippen LogP contribution in [-0.2, 0) is 0 Å². The van der Waals surface area contributed by atoms with E-state index in [-0.39, 0.29) is 0 Å². The van der Waals surface area contributed by atoms with Gasteiger partial charge < -0.3 is 10.5 Å². The highest BCUT2D eigenvalue weighted by atomic mass is 16.5. The van der Waals surface area contributed by atoms with E-state index in [1.54, 1.807) is 7.11 Å². The first-order valence-electron chi connectivity index (χ1n) is 6.04. The molecule has 2 aromatic rings. The van der Waals surface area contributed by atoms with Crippen molar-refractivity contribution >= 4 is 5.69 Å². The van der Waals surface area contributed by atoms with E-state index in [2.05, 4.69) is 39.0 Å². The summed E-state index contributed by atoms with van der Waals surface area (Å²) in [4.78, 5) is 0. The molecule has 0 bridgehead atoms. The van der Waals surface area contributed by atoms with Crippen molar-refractivity contribution in [2.75, 3.05) is 12.8 Å². The predicted octanol–water partition coefficient (Wildman–Crippen LogP) is 3.87. The molecular formula is C16H19NO. The molecule has 0 unspecified atom stereocenters. The number of benzene rings is 2. The number of ether oxygens (including phenoxy) is 1. The third-order valence-corrected chi connectivity index (χ3v) is 3.28. The summed E-state index contributed by atoms with van der Waals surface area (Å²) < 4.78 is 5.35. The number of methoxy groups -OCH3 is 1. The third-order valence-electron chi connectivity index (χ3n) is 3.28. The Morgan fingerprint density at radius 3 is 2.11 bits per heavy atom. The molecule has 0 saturated heterocycles. The molecule has 2 heteroatoms. The Labute approximate surface area is 108 Å². The number of hydrogen-bond donors (Lipinski definition) is 1. The standard InChI is InChI=1S/C16H19NO/c1-10-7-13(17)5-6-14(10)15-8-12(3)16(18-4)9-11(15)2/h5-9H,17H2,1-4H3. The van der Waals surface area contributed by atoms with E-state index in [0.717, 1.165) is 17.0 Å². The van der Waals surface area contributed by atoms with E-state index in [9.17, 15) is 0 Å². The van der Waals surface area contributed by atoms with Gasteiger partial charge in [0.25, 0.3) is 0 Å². The largest absolute Gasteiger partial charge is 0.496 e. The molecule has 0 spiro atoms. The van der Waals surface area contributed by atoms with Gasteiger partial charge >= 0.3 is 0 Å². The number of hydrogen-bond acceptors (Lipinski definition) is 2. The van der Waals surface area contributed by atoms with Gasteiger partial charge in [0.05, 0.1) is 7.11 Å². The zero-order valence-electron chi connectivity index (χ0n) is 11.4. The molecule has 2 N–H and O–H groups in total. The van der Waals surface area contributed by atoms with Gasteiger partial charge in [-0.25, -0.2) is 0 Å². The normalized spacial score (nSPS) is 10.4. The average Bonchev–Trinajstić information content (AvgIpc) is 2.32. The van der Waals surface area contributed by atoms with Crippen LogP contribution in [0.4, 0.5) is 5.69 Å². The van der Waals surface area contributed by atoms with Crippen LogP contribution in [0, 0.1) is 20.8 Å². The van der Waals surface area contributed by atoms with Gasteiger partial charge in [-0.2, -0.15) is 0 Å². The molecule has 2 nitrogen and oxygen atoms in total. The van der Waals surface area contributed by atoms with Crippen LogP contribution >= 0.6 is 0 Å². The van der Waals surface area contributed by atoms with Gasteiger partial charge in [0, 0.05) is 5.69 Å². The van der Waals surface area contributed by atoms with Crippen LogP contribution in [-0.4, -0.2) is 7.11 Å². The van der Waals surface area contributed by atoms with Crippen LogP contribution in [0.15, 0.2) is 30.3 Å². The first kappa shape index (κ1) is 12.5. The minimum Gasteiger partial charge on any atom is -0.496 e. The fourth-order valence-electron chi connectivity index (χ4n) is 2.29. The van der Waals surface area contributed by atoms with Gasteiger partial charge in [0.2, 0.25) is 0 Å². The molecule has 0 saturated carbocycles. The Bertz CT molecular complexity index is 588. The zero-order chi connectivity index (χ0) is 13.3. The molecule has 0 aromatic heterocycles. The highest BCUT2D eigenvalue weighted by molar-refractivity contribution is 5.74. The summed E-state index contributed by atoms with van der Waals surface area (Å²) in [6.45, 7) is 6.26. The van der Waals surface area contributed by atoms with Crippen LogP contribution in [0.2, 0.25) is 0 Å². The lowest BCUT2D eigenvalue weighted by Gasteiger charge is -2.13. The minimum absolute atomic E-state index is 0.805. The van der Waals surface area contributed by atoms with Gasteiger partial charge in [-0.05, 0) is 72.9 Å². The SMILES string of the molecule is COc1cc(C)c(-c2ccc(N)cc2C)cc1C. The van der Waals surface area contributed by atoms with Crippen LogP contribution in [0.1, 0.15) is 16.7 Å². The molecule has 0 aliphatic carbocycles. The Kier molecular flexibility index (Phi) is 3.28. The van der Waals surface area contributed by atoms with Gasteiger partial charge in [-0.15, -0.1) is 0 Å². The number of anilines is 1. The molecule has 0 amide bonds. The lowest BCUT2D eigenvalue weighted by atomic mass is 9.94. The first-order chi connectivity index (χ1) is 8.52. The second-order valence-corrected chi connectivity index (χ2v) is 4.71. The molecule has 94 valence electrons. The smallest absolute Gasteiger partial charge is 0.122 e. The monoisotopic (exact) mass is 241 g/mol. The lowest BCUT2D eigenvalue weighted by molar-refractivity contribution is 0.411. The molecule has 0 aliphatic heterocycles. The number of aryl methyl sites for hydroxylation is 3. The van der Waals surface area contributed by atoms with Crippen molar-refractivity contribution in [3.63, 3.8) is 0 Å². The maximum atomic E-state index is 5.80. The van der Waals surface area contributed by atoms with Crippen molar-refractivity contribution in [1.82, 2.24) is 0 Å². The zero-order valence-corrected chi connectivity index (χ0v) is 11.4. The van der Waals surface area contributed by atoms with Crippen molar-refractivity contribution < 1.29 is 4.74 Å². The second-order valence-electron chi connectivity index (χ2n) is 4.71. The highest BCUT2D eigenvalue weighted by Crippen LogP contribution is 2.32. The molecule has 0 aliphatic rings. The average molecular weight is 241 g/mol. The molecule has 0 atom stereocenters. The summed E-state index contributed by atoms with van der Waals surface area (Å²) >= 11 is 0. The second kappa shape index (κ2) is 4.73. The molecule has 0 radical (unpaired) electrons. The maximum absolute atomic E-state index is 5.80. The molecule has 0 heterocycles. The summed E-state index contributed by atoms with van der Waals surface area (Å²) in [7, 11) is 1.70. The van der Waals surface area contributed by atoms with E-state index in [0.29, 0.717) is 0 Å². The summed E-state index contributed by atoms with van der Waals surface area (Å²) in [5.74, 6) is 0.935. The van der Waals surface area contributed by atoms with Crippen LogP contribution in [0.3, 0.4) is 0 Å². The lowest BCUT2D eigenvalue weighted by Crippen LogP contribution is -1.94. The summed E-state index contributed by atoms with van der Waals surface area (Å²) in [5.41, 5.74) is 12.6. The van der Waals surface area contributed by atoms with E-state index in [4.69, 9.17) is 10.5 Å². The Hall–Kier alpha value is -1.96. The molecule has 2 rings (SSSR count). The third kappa shape index (κ3) is 2.19. The summed E-state index contributed by atoms with van der Waals surface area (Å²) in [6, 6.07) is 10.3. The van der Waals surface area contributed by atoms with Crippen molar-refractivity contribution in [3.05, 3.63) is 47.0 Å². The summed E-state index contributed by atoms with van der Waals surface area (Å²) in [5, 5.41) is 0. The van der Waals surface area contributed by atoms with E-state index in [1.165, 1.54) is 22.3 Å². The number of nitrogen functional groups attached to an aromatic ring is 1. The van der Waals surface area contributed by atoms with E-state index >= 15 is 0 Å². The predicted molar refractivity (Wildman–Crippen MR) is 77.1 cm³/mol. The Morgan fingerprint density at radius 1 is 0.833 bits per heavy atom. The van der Waals surface area contributed by atoms with Gasteiger partial charge in [0.1, 0.15) is 5.75 Å². The van der Waals surface area contributed by atoms with Gasteiger partial charge in [-0.1, -0.05) is 6.07 Å². The highest BCUT2D eigenvalue weighted by Gasteiger charge is 2.09. The number of nitrogens with two attached hydrogens (primary N) is 1. The summed E-state index contributed by atoms with van der Waals surface area (Å²) in [6.07, 6.45) is 0. The van der Waals surface area contributed by atoms with Crippen LogP contribution in [0.25, 0.3) is 11.1 Å². The maximum Gasteiger partial charge on any atom is 0.122 e. The van der Waals surface area contributed by atoms with Crippen molar-refractivity contribution in [3.8, 4) is 16.9 Å². The van der Waals surface area contributed by atoms with E-state index < -0.39 is 0 Å². The molecule has 0 fully saturated rings. The molecular weight excluding hydrogens is 222 g/mol. The van der Waals surface area contributed by atoms with Crippen molar-refractivity contribution in [1.29, 1.82) is 0 Å². The number of rotatable bonds is 2. The minimum atomic E-state index is 0.805. The van der Waals surface area contributed by atoms with E-state index in [1.807, 2.05) is 12.1 Å². The molecule has 2 aromatic carbocycles. The molecule has 18 heavy (non-hydrogen) atoms. The van der Waals surface area contributed by atoms with Crippen LogP contribution < -0.4 is 10.5 Å². The fraction of sp³-hybridized carbons (Fsp3) is 0.250.